The predicted octanol–water partition coefficient (Wildman–Crippen LogP) is 3.13. The van der Waals surface area contributed by atoms with Crippen molar-refractivity contribution in [2.75, 3.05) is 6.61 Å². The summed E-state index contributed by atoms with van der Waals surface area (Å²) < 4.78 is 5.34. The molecule has 0 bridgehead atoms. The maximum Gasteiger partial charge on any atom is 0.335 e. The van der Waals surface area contributed by atoms with Crippen molar-refractivity contribution in [3.05, 3.63) is 47.0 Å². The lowest BCUT2D eigenvalue weighted by molar-refractivity contribution is 0.0696. The van der Waals surface area contributed by atoms with Crippen molar-refractivity contribution in [2.45, 2.75) is 13.0 Å². The zero-order chi connectivity index (χ0) is 12.0. The molecule has 0 saturated heterocycles. The second-order valence-electron chi connectivity index (χ2n) is 3.24. The summed E-state index contributed by atoms with van der Waals surface area (Å²) in [6.45, 7) is 4.55. The highest BCUT2D eigenvalue weighted by Gasteiger charge is 2.06. The third-order valence-electron chi connectivity index (χ3n) is 2.02. The maximum atomic E-state index is 10.7. The summed E-state index contributed by atoms with van der Waals surface area (Å²) in [5.41, 5.74) is 0.968. The van der Waals surface area contributed by atoms with Crippen LogP contribution in [0.15, 0.2) is 30.9 Å². The molecule has 3 nitrogen and oxygen atoms in total. The molecule has 0 spiro atoms. The first-order chi connectivity index (χ1) is 7.65. The number of aromatic carboxylic acids is 1. The molecule has 0 atom stereocenters. The van der Waals surface area contributed by atoms with E-state index in [4.69, 9.17) is 21.4 Å². The number of rotatable bonds is 6. The van der Waals surface area contributed by atoms with Crippen LogP contribution < -0.4 is 0 Å². The topological polar surface area (TPSA) is 46.5 Å². The van der Waals surface area contributed by atoms with Gasteiger partial charge in [-0.3, -0.25) is 0 Å². The molecular weight excluding hydrogens is 228 g/mol. The van der Waals surface area contributed by atoms with Crippen molar-refractivity contribution in [1.82, 2.24) is 0 Å². The van der Waals surface area contributed by atoms with Gasteiger partial charge in [-0.05, 0) is 24.1 Å². The van der Waals surface area contributed by atoms with Gasteiger partial charge in [-0.25, -0.2) is 4.79 Å². The summed E-state index contributed by atoms with van der Waals surface area (Å²) in [4.78, 5) is 10.7. The Morgan fingerprint density at radius 2 is 2.31 bits per heavy atom. The Labute approximate surface area is 99.3 Å². The molecule has 86 valence electrons. The van der Waals surface area contributed by atoms with Crippen LogP contribution in [0.1, 0.15) is 22.3 Å². The third-order valence-corrected chi connectivity index (χ3v) is 2.38. The highest BCUT2D eigenvalue weighted by atomic mass is 35.5. The van der Waals surface area contributed by atoms with Crippen molar-refractivity contribution >= 4 is 17.6 Å². The standard InChI is InChI=1S/C12H13ClO3/c1-2-3-6-16-8-10-5-4-9(12(14)15)7-11(10)13/h2,4-5,7H,1,3,6,8H2,(H,14,15). The van der Waals surface area contributed by atoms with Gasteiger partial charge in [-0.2, -0.15) is 0 Å². The van der Waals surface area contributed by atoms with Gasteiger partial charge in [0.05, 0.1) is 18.8 Å². The van der Waals surface area contributed by atoms with E-state index in [0.29, 0.717) is 18.2 Å². The molecule has 1 N–H and O–H groups in total. The van der Waals surface area contributed by atoms with Gasteiger partial charge in [0.2, 0.25) is 0 Å². The number of hydrogen-bond donors (Lipinski definition) is 1. The van der Waals surface area contributed by atoms with Gasteiger partial charge >= 0.3 is 5.97 Å². The van der Waals surface area contributed by atoms with E-state index in [2.05, 4.69) is 6.58 Å². The van der Waals surface area contributed by atoms with Gasteiger partial charge in [0.1, 0.15) is 0 Å². The van der Waals surface area contributed by atoms with E-state index in [-0.39, 0.29) is 5.56 Å². The van der Waals surface area contributed by atoms with Crippen LogP contribution in [0.25, 0.3) is 0 Å². The molecule has 1 aromatic rings. The molecular formula is C12H13ClO3. The Kier molecular flexibility index (Phi) is 5.02. The molecule has 0 saturated carbocycles. The normalized spacial score (nSPS) is 10.1. The fourth-order valence-electron chi connectivity index (χ4n) is 1.15. The van der Waals surface area contributed by atoms with E-state index in [0.717, 1.165) is 12.0 Å². The number of ether oxygens (including phenoxy) is 1. The number of carboxylic acid groups (broad SMARTS) is 1. The summed E-state index contributed by atoms with van der Waals surface area (Å²) in [7, 11) is 0. The predicted molar refractivity (Wildman–Crippen MR) is 62.9 cm³/mol. The molecule has 1 rings (SSSR count). The molecule has 0 aliphatic carbocycles. The summed E-state index contributed by atoms with van der Waals surface area (Å²) in [5, 5.41) is 9.16. The van der Waals surface area contributed by atoms with Crippen LogP contribution in [0.3, 0.4) is 0 Å². The van der Waals surface area contributed by atoms with Gasteiger partial charge in [-0.15, -0.1) is 6.58 Å². The monoisotopic (exact) mass is 240 g/mol. The SMILES string of the molecule is C=CCCOCc1ccc(C(=O)O)cc1Cl. The first-order valence-electron chi connectivity index (χ1n) is 4.85. The minimum Gasteiger partial charge on any atom is -0.478 e. The summed E-state index contributed by atoms with van der Waals surface area (Å²) >= 11 is 5.92. The van der Waals surface area contributed by atoms with Crippen LogP contribution in [0.4, 0.5) is 0 Å². The van der Waals surface area contributed by atoms with Crippen LogP contribution in [0.2, 0.25) is 5.02 Å². The summed E-state index contributed by atoms with van der Waals surface area (Å²) in [6.07, 6.45) is 2.56. The first-order valence-corrected chi connectivity index (χ1v) is 5.23. The van der Waals surface area contributed by atoms with Crippen LogP contribution in [0, 0.1) is 0 Å². The van der Waals surface area contributed by atoms with Crippen LogP contribution in [0.5, 0.6) is 0 Å². The maximum absolute atomic E-state index is 10.7. The molecule has 0 heterocycles. The lowest BCUT2D eigenvalue weighted by atomic mass is 10.1. The van der Waals surface area contributed by atoms with E-state index in [1.54, 1.807) is 12.1 Å². The largest absolute Gasteiger partial charge is 0.478 e. The molecule has 0 fully saturated rings. The zero-order valence-corrected chi connectivity index (χ0v) is 9.54. The number of benzene rings is 1. The van der Waals surface area contributed by atoms with E-state index >= 15 is 0 Å². The van der Waals surface area contributed by atoms with Gasteiger partial charge in [-0.1, -0.05) is 23.7 Å². The van der Waals surface area contributed by atoms with Crippen molar-refractivity contribution < 1.29 is 14.6 Å². The van der Waals surface area contributed by atoms with E-state index < -0.39 is 5.97 Å². The molecule has 1 aromatic carbocycles. The molecule has 16 heavy (non-hydrogen) atoms. The number of halogens is 1. The Hall–Kier alpha value is -1.32. The van der Waals surface area contributed by atoms with Crippen molar-refractivity contribution in [3.8, 4) is 0 Å². The lowest BCUT2D eigenvalue weighted by Gasteiger charge is -2.05. The number of hydrogen-bond acceptors (Lipinski definition) is 2. The summed E-state index contributed by atoms with van der Waals surface area (Å²) in [6, 6.07) is 4.61. The Bertz CT molecular complexity index is 388. The molecule has 0 aromatic heterocycles. The molecule has 0 aliphatic heterocycles. The van der Waals surface area contributed by atoms with Crippen molar-refractivity contribution in [1.29, 1.82) is 0 Å². The minimum atomic E-state index is -0.985. The molecule has 0 amide bonds. The summed E-state index contributed by atoms with van der Waals surface area (Å²) in [5.74, 6) is -0.985. The van der Waals surface area contributed by atoms with Gasteiger partial charge < -0.3 is 9.84 Å². The van der Waals surface area contributed by atoms with E-state index in [1.807, 2.05) is 0 Å². The number of carboxylic acids is 1. The third kappa shape index (κ3) is 3.68. The van der Waals surface area contributed by atoms with E-state index in [1.165, 1.54) is 12.1 Å². The van der Waals surface area contributed by atoms with Crippen LogP contribution in [-0.2, 0) is 11.3 Å². The highest BCUT2D eigenvalue weighted by molar-refractivity contribution is 6.31. The van der Waals surface area contributed by atoms with Crippen molar-refractivity contribution in [2.24, 2.45) is 0 Å². The van der Waals surface area contributed by atoms with Crippen LogP contribution >= 0.6 is 11.6 Å². The minimum absolute atomic E-state index is 0.180. The Morgan fingerprint density at radius 3 is 2.88 bits per heavy atom. The fourth-order valence-corrected chi connectivity index (χ4v) is 1.38. The fraction of sp³-hybridized carbons (Fsp3) is 0.250. The average molecular weight is 241 g/mol. The Balaban J connectivity index is 2.61. The highest BCUT2D eigenvalue weighted by Crippen LogP contribution is 2.18. The van der Waals surface area contributed by atoms with Crippen molar-refractivity contribution in [3.63, 3.8) is 0 Å². The number of carbonyl (C=O) groups is 1. The second kappa shape index (κ2) is 6.30. The first kappa shape index (κ1) is 12.7. The molecule has 4 heteroatoms. The molecule has 0 aliphatic rings. The molecule has 0 unspecified atom stereocenters. The lowest BCUT2D eigenvalue weighted by Crippen LogP contribution is -1.99. The Morgan fingerprint density at radius 1 is 1.56 bits per heavy atom. The van der Waals surface area contributed by atoms with E-state index in [9.17, 15) is 4.79 Å². The van der Waals surface area contributed by atoms with Crippen LogP contribution in [-0.4, -0.2) is 17.7 Å². The smallest absolute Gasteiger partial charge is 0.335 e. The quantitative estimate of drug-likeness (QED) is 0.614. The average Bonchev–Trinajstić information content (AvgIpc) is 2.26. The van der Waals surface area contributed by atoms with Gasteiger partial charge in [0.25, 0.3) is 0 Å². The zero-order valence-electron chi connectivity index (χ0n) is 8.78. The van der Waals surface area contributed by atoms with Gasteiger partial charge in [0.15, 0.2) is 0 Å². The molecule has 0 radical (unpaired) electrons. The van der Waals surface area contributed by atoms with Gasteiger partial charge in [0, 0.05) is 5.02 Å². The second-order valence-corrected chi connectivity index (χ2v) is 3.65.